The van der Waals surface area contributed by atoms with E-state index in [4.69, 9.17) is 14.9 Å². The first kappa shape index (κ1) is 19.2. The highest BCUT2D eigenvalue weighted by molar-refractivity contribution is 5.94. The van der Waals surface area contributed by atoms with Gasteiger partial charge < -0.3 is 24.9 Å². The number of hydrogen-bond acceptors (Lipinski definition) is 5. The molecule has 1 amide bonds. The van der Waals surface area contributed by atoms with E-state index in [1.165, 1.54) is 0 Å². The summed E-state index contributed by atoms with van der Waals surface area (Å²) in [5, 5.41) is 10.4. The molecule has 1 saturated carbocycles. The number of amides is 1. The van der Waals surface area contributed by atoms with Crippen LogP contribution < -0.4 is 5.73 Å². The minimum atomic E-state index is -0.344. The van der Waals surface area contributed by atoms with E-state index < -0.39 is 0 Å². The number of likely N-dealkylation sites (tertiary alicyclic amines) is 1. The summed E-state index contributed by atoms with van der Waals surface area (Å²) in [5.41, 5.74) is 6.95. The zero-order valence-electron chi connectivity index (χ0n) is 16.3. The molecular formula is C22H28N2O4. The van der Waals surface area contributed by atoms with E-state index in [1.807, 2.05) is 48.2 Å². The lowest BCUT2D eigenvalue weighted by molar-refractivity contribution is -0.207. The summed E-state index contributed by atoms with van der Waals surface area (Å²) in [6, 6.07) is 11.4. The number of aryl methyl sites for hydroxylation is 1. The van der Waals surface area contributed by atoms with Gasteiger partial charge in [0, 0.05) is 42.6 Å². The molecule has 4 rings (SSSR count). The molecule has 0 bridgehead atoms. The van der Waals surface area contributed by atoms with Gasteiger partial charge in [-0.2, -0.15) is 0 Å². The SMILES string of the molecule is Cc1ccc(-c2ccc(C(=O)N3CCC4(CC3)[C@@H](O)C[C@H]4OCCN)cc2)o1. The summed E-state index contributed by atoms with van der Waals surface area (Å²) < 4.78 is 11.5. The molecule has 1 aromatic heterocycles. The van der Waals surface area contributed by atoms with Crippen LogP contribution in [0.2, 0.25) is 0 Å². The summed E-state index contributed by atoms with van der Waals surface area (Å²) in [5.74, 6) is 1.70. The largest absolute Gasteiger partial charge is 0.461 e. The predicted molar refractivity (Wildman–Crippen MR) is 106 cm³/mol. The van der Waals surface area contributed by atoms with Crippen molar-refractivity contribution in [1.29, 1.82) is 0 Å². The molecule has 6 nitrogen and oxygen atoms in total. The molecule has 28 heavy (non-hydrogen) atoms. The van der Waals surface area contributed by atoms with Crippen molar-refractivity contribution in [3.63, 3.8) is 0 Å². The maximum Gasteiger partial charge on any atom is 0.253 e. The maximum absolute atomic E-state index is 12.9. The Balaban J connectivity index is 1.39. The summed E-state index contributed by atoms with van der Waals surface area (Å²) in [4.78, 5) is 14.8. The average Bonchev–Trinajstić information content (AvgIpc) is 3.17. The fourth-order valence-electron chi connectivity index (χ4n) is 4.50. The van der Waals surface area contributed by atoms with Gasteiger partial charge in [-0.05, 0) is 44.0 Å². The molecule has 6 heteroatoms. The first-order chi connectivity index (χ1) is 13.5. The average molecular weight is 384 g/mol. The van der Waals surface area contributed by atoms with Crippen molar-refractivity contribution in [2.75, 3.05) is 26.2 Å². The lowest BCUT2D eigenvalue weighted by Crippen LogP contribution is -2.62. The number of nitrogens with zero attached hydrogens (tertiary/aromatic N) is 1. The Bertz CT molecular complexity index is 821. The highest BCUT2D eigenvalue weighted by Crippen LogP contribution is 2.51. The zero-order valence-corrected chi connectivity index (χ0v) is 16.3. The van der Waals surface area contributed by atoms with Gasteiger partial charge in [0.2, 0.25) is 0 Å². The first-order valence-electron chi connectivity index (χ1n) is 9.99. The van der Waals surface area contributed by atoms with E-state index in [2.05, 4.69) is 0 Å². The highest BCUT2D eigenvalue weighted by atomic mass is 16.5. The van der Waals surface area contributed by atoms with Crippen LogP contribution in [-0.4, -0.2) is 54.4 Å². The fourth-order valence-corrected chi connectivity index (χ4v) is 4.50. The van der Waals surface area contributed by atoms with E-state index in [0.717, 1.165) is 29.9 Å². The van der Waals surface area contributed by atoms with Crippen molar-refractivity contribution in [2.24, 2.45) is 11.1 Å². The number of hydrogen-bond donors (Lipinski definition) is 2. The van der Waals surface area contributed by atoms with Crippen LogP contribution in [0.1, 0.15) is 35.4 Å². The number of aliphatic hydroxyl groups excluding tert-OH is 1. The quantitative estimate of drug-likeness (QED) is 0.827. The Hall–Kier alpha value is -2.15. The first-order valence-corrected chi connectivity index (χ1v) is 9.99. The Morgan fingerprint density at radius 3 is 2.54 bits per heavy atom. The number of ether oxygens (including phenoxy) is 1. The van der Waals surface area contributed by atoms with Crippen LogP contribution in [0.5, 0.6) is 0 Å². The van der Waals surface area contributed by atoms with E-state index >= 15 is 0 Å². The molecule has 0 unspecified atom stereocenters. The summed E-state index contributed by atoms with van der Waals surface area (Å²) in [7, 11) is 0. The van der Waals surface area contributed by atoms with Crippen LogP contribution in [0, 0.1) is 12.3 Å². The van der Waals surface area contributed by atoms with Crippen molar-refractivity contribution in [3.05, 3.63) is 47.7 Å². The number of aliphatic hydroxyl groups is 1. The van der Waals surface area contributed by atoms with Gasteiger partial charge in [-0.1, -0.05) is 12.1 Å². The number of furan rings is 1. The molecule has 2 heterocycles. The minimum Gasteiger partial charge on any atom is -0.461 e. The lowest BCUT2D eigenvalue weighted by Gasteiger charge is -2.56. The van der Waals surface area contributed by atoms with Gasteiger partial charge in [-0.15, -0.1) is 0 Å². The fraction of sp³-hybridized carbons (Fsp3) is 0.500. The van der Waals surface area contributed by atoms with Gasteiger partial charge in [-0.3, -0.25) is 4.79 Å². The van der Waals surface area contributed by atoms with Crippen molar-refractivity contribution < 1.29 is 19.1 Å². The van der Waals surface area contributed by atoms with Gasteiger partial charge >= 0.3 is 0 Å². The normalized spacial score (nSPS) is 23.6. The van der Waals surface area contributed by atoms with Crippen LogP contribution in [0.25, 0.3) is 11.3 Å². The Labute approximate surface area is 165 Å². The van der Waals surface area contributed by atoms with Crippen molar-refractivity contribution in [1.82, 2.24) is 4.90 Å². The summed E-state index contributed by atoms with van der Waals surface area (Å²) in [6.07, 6.45) is 1.90. The van der Waals surface area contributed by atoms with Crippen LogP contribution in [-0.2, 0) is 4.74 Å². The van der Waals surface area contributed by atoms with Gasteiger partial charge in [0.15, 0.2) is 0 Å². The highest BCUT2D eigenvalue weighted by Gasteiger charge is 2.56. The van der Waals surface area contributed by atoms with Gasteiger partial charge in [-0.25, -0.2) is 0 Å². The molecule has 3 N–H and O–H groups in total. The predicted octanol–water partition coefficient (Wildman–Crippen LogP) is 2.59. The van der Waals surface area contributed by atoms with Crippen molar-refractivity contribution >= 4 is 5.91 Å². The van der Waals surface area contributed by atoms with Crippen LogP contribution >= 0.6 is 0 Å². The Morgan fingerprint density at radius 1 is 1.25 bits per heavy atom. The second kappa shape index (κ2) is 7.70. The molecule has 1 saturated heterocycles. The van der Waals surface area contributed by atoms with Crippen LogP contribution in [0.4, 0.5) is 0 Å². The Morgan fingerprint density at radius 2 is 1.96 bits per heavy atom. The van der Waals surface area contributed by atoms with Gasteiger partial charge in [0.1, 0.15) is 11.5 Å². The number of benzene rings is 1. The van der Waals surface area contributed by atoms with Crippen LogP contribution in [0.15, 0.2) is 40.8 Å². The molecular weight excluding hydrogens is 356 g/mol. The molecule has 2 fully saturated rings. The molecule has 1 spiro atoms. The molecule has 150 valence electrons. The molecule has 1 aliphatic heterocycles. The third-order valence-corrected chi connectivity index (χ3v) is 6.32. The number of nitrogens with two attached hydrogens (primary N) is 1. The number of carbonyl (C=O) groups excluding carboxylic acids is 1. The molecule has 1 aromatic carbocycles. The third kappa shape index (κ3) is 3.36. The Kier molecular flexibility index (Phi) is 5.27. The van der Waals surface area contributed by atoms with Crippen molar-refractivity contribution in [2.45, 2.75) is 38.4 Å². The number of piperidine rings is 1. The molecule has 1 aliphatic carbocycles. The second-order valence-electron chi connectivity index (χ2n) is 7.91. The minimum absolute atomic E-state index is 0.0327. The smallest absolute Gasteiger partial charge is 0.253 e. The second-order valence-corrected chi connectivity index (χ2v) is 7.91. The van der Waals surface area contributed by atoms with Crippen molar-refractivity contribution in [3.8, 4) is 11.3 Å². The molecule has 2 atom stereocenters. The summed E-state index contributed by atoms with van der Waals surface area (Å²) >= 11 is 0. The topological polar surface area (TPSA) is 88.9 Å². The monoisotopic (exact) mass is 384 g/mol. The number of rotatable bonds is 5. The van der Waals surface area contributed by atoms with Gasteiger partial charge in [0.05, 0.1) is 18.8 Å². The zero-order chi connectivity index (χ0) is 19.7. The standard InChI is InChI=1S/C22H28N2O4/c1-15-2-7-18(28-15)16-3-5-17(6-4-16)21(26)24-11-8-22(9-12-24)19(25)14-20(22)27-13-10-23/h2-7,19-20,25H,8-14,23H2,1H3/t19-,20+/m0/s1. The van der Waals surface area contributed by atoms with E-state index in [9.17, 15) is 9.90 Å². The van der Waals surface area contributed by atoms with E-state index in [-0.39, 0.29) is 23.5 Å². The van der Waals surface area contributed by atoms with E-state index in [0.29, 0.717) is 38.2 Å². The maximum atomic E-state index is 12.9. The van der Waals surface area contributed by atoms with Gasteiger partial charge in [0.25, 0.3) is 5.91 Å². The third-order valence-electron chi connectivity index (χ3n) is 6.32. The molecule has 2 aliphatic rings. The summed E-state index contributed by atoms with van der Waals surface area (Å²) in [6.45, 7) is 4.19. The molecule has 2 aromatic rings. The number of carbonyl (C=O) groups is 1. The lowest BCUT2D eigenvalue weighted by atomic mass is 9.58. The van der Waals surface area contributed by atoms with Crippen LogP contribution in [0.3, 0.4) is 0 Å². The van der Waals surface area contributed by atoms with E-state index in [1.54, 1.807) is 0 Å². The molecule has 0 radical (unpaired) electrons.